The maximum atomic E-state index is 7.46. The smallest absolute Gasteiger partial charge is 0.118 e. The molecule has 0 aromatic heterocycles. The zero-order chi connectivity index (χ0) is 13.6. The van der Waals surface area contributed by atoms with Crippen LogP contribution < -0.4 is 5.72 Å². The normalized spacial score (nSPS) is 51.7. The Labute approximate surface area is 53.7 Å². The molecule has 0 aromatic carbocycles. The predicted octanol–water partition coefficient (Wildman–Crippen LogP) is 0.991. The summed E-state index contributed by atoms with van der Waals surface area (Å²) < 4.78 is 71.1. The molecule has 0 fully saturated rings. The standard InChI is InChI=1S/C5H13N/c1-5(2)3-4-6/h5H,3-4,6H2,1-2H3/i1D3,3D2,4D2,5D/hD2. The second-order valence-electron chi connectivity index (χ2n) is 0.862. The number of rotatable bonds is 3. The average Bonchev–Trinajstić information content (AvgIpc) is 2.00. The number of nitrogens with two attached hydrogens (primary N) is 1. The molecule has 0 saturated heterocycles. The van der Waals surface area contributed by atoms with E-state index in [-0.39, 0.29) is 0 Å². The van der Waals surface area contributed by atoms with Crippen LogP contribution in [0.2, 0.25) is 2.82 Å². The van der Waals surface area contributed by atoms with E-state index in [9.17, 15) is 0 Å². The summed E-state index contributed by atoms with van der Waals surface area (Å²) in [6.45, 7) is -5.56. The van der Waals surface area contributed by atoms with E-state index in [1.807, 2.05) is 0 Å². The fraction of sp³-hybridized carbons (Fsp3) is 1.00. The first-order valence-electron chi connectivity index (χ1n) is 6.37. The van der Waals surface area contributed by atoms with Crippen LogP contribution in [0.5, 0.6) is 0 Å². The summed E-state index contributed by atoms with van der Waals surface area (Å²) in [5.74, 6) is -2.77. The lowest BCUT2D eigenvalue weighted by Crippen LogP contribution is -2.01. The Kier molecular flexibility index (Phi) is 0.345. The lowest BCUT2D eigenvalue weighted by atomic mass is 10.1. The first-order chi connectivity index (χ1) is 6.69. The molecule has 1 heteroatoms. The Morgan fingerprint density at radius 3 is 3.83 bits per heavy atom. The van der Waals surface area contributed by atoms with Crippen molar-refractivity contribution in [3.8, 4) is 0 Å². The summed E-state index contributed by atoms with van der Waals surface area (Å²) in [5, 5.41) is 0. The molecule has 1 atom stereocenters. The van der Waals surface area contributed by atoms with Gasteiger partial charge in [-0.15, -0.1) is 0 Å². The molecule has 0 aliphatic rings. The Morgan fingerprint density at radius 2 is 3.33 bits per heavy atom. The molecular formula is C5H13N. The third kappa shape index (κ3) is 3.96. The van der Waals surface area contributed by atoms with Crippen LogP contribution in [0.15, 0.2) is 0 Å². The molecule has 0 radical (unpaired) electrons. The molecule has 0 heterocycles. The highest BCUT2D eigenvalue weighted by Crippen LogP contribution is 1.93. The summed E-state index contributed by atoms with van der Waals surface area (Å²) in [5.41, 5.74) is -0.564. The van der Waals surface area contributed by atoms with Gasteiger partial charge in [0, 0.05) is 11.0 Å². The Morgan fingerprint density at radius 1 is 2.50 bits per heavy atom. The van der Waals surface area contributed by atoms with Gasteiger partial charge in [0.2, 0.25) is 0 Å². The zero-order valence-electron chi connectivity index (χ0n) is 13.4. The molecule has 1 unspecified atom stereocenters. The van der Waals surface area contributed by atoms with E-state index in [0.29, 0.717) is 0 Å². The largest absolute Gasteiger partial charge is 0.330 e. The van der Waals surface area contributed by atoms with E-state index >= 15 is 0 Å². The molecule has 0 amide bonds. The van der Waals surface area contributed by atoms with E-state index in [2.05, 4.69) is 0 Å². The van der Waals surface area contributed by atoms with E-state index in [1.165, 1.54) is 0 Å². The highest BCUT2D eigenvalue weighted by Gasteiger charge is 1.85. The average molecular weight is 97.2 g/mol. The minimum absolute atomic E-state index is 0.564. The van der Waals surface area contributed by atoms with Crippen LogP contribution in [0.4, 0.5) is 0 Å². The second-order valence-corrected chi connectivity index (χ2v) is 0.862. The van der Waals surface area contributed by atoms with Gasteiger partial charge in [-0.2, -0.15) is 0 Å². The van der Waals surface area contributed by atoms with Crippen molar-refractivity contribution in [1.29, 1.82) is 0 Å². The minimum atomic E-state index is -3.21. The molecule has 0 aliphatic heterocycles. The molecule has 0 spiro atoms. The van der Waals surface area contributed by atoms with Gasteiger partial charge >= 0.3 is 0 Å². The minimum Gasteiger partial charge on any atom is -0.330 e. The van der Waals surface area contributed by atoms with Gasteiger partial charge in [0.05, 0.1) is 0 Å². The molecule has 38 valence electrons. The quantitative estimate of drug-likeness (QED) is 0.558. The topological polar surface area (TPSA) is 26.0 Å². The molecule has 0 bridgehead atoms. The number of hydrogen-bond acceptors (Lipinski definition) is 1. The van der Waals surface area contributed by atoms with Crippen molar-refractivity contribution in [3.63, 3.8) is 0 Å². The molecule has 2 N–H and O–H groups in total. The Hall–Kier alpha value is -0.0400. The van der Waals surface area contributed by atoms with Gasteiger partial charge in [0.1, 0.15) is 2.82 Å². The van der Waals surface area contributed by atoms with Gasteiger partial charge in [-0.3, -0.25) is 0 Å². The summed E-state index contributed by atoms with van der Waals surface area (Å²) >= 11 is 0. The van der Waals surface area contributed by atoms with Crippen LogP contribution >= 0.6 is 0 Å². The molecule has 6 heavy (non-hydrogen) atoms. The van der Waals surface area contributed by atoms with Crippen LogP contribution in [0.25, 0.3) is 0 Å². The van der Waals surface area contributed by atoms with Crippen molar-refractivity contribution in [2.75, 3.05) is 6.50 Å². The van der Waals surface area contributed by atoms with Crippen molar-refractivity contribution < 1.29 is 13.8 Å². The van der Waals surface area contributed by atoms with Crippen molar-refractivity contribution in [2.45, 2.75) is 20.1 Å². The van der Waals surface area contributed by atoms with E-state index in [1.54, 1.807) is 0 Å². The SMILES string of the molecule is [2H]N([2H])C([2H])([2H])C([2H])([2H])C([2H])(C)C([2H])([2H])[2H]. The lowest BCUT2D eigenvalue weighted by Gasteiger charge is -1.96. The highest BCUT2D eigenvalue weighted by molar-refractivity contribution is 4.42. The van der Waals surface area contributed by atoms with Gasteiger partial charge in [0.25, 0.3) is 0 Å². The van der Waals surface area contributed by atoms with Gasteiger partial charge in [0.15, 0.2) is 0 Å². The van der Waals surface area contributed by atoms with Gasteiger partial charge in [-0.25, -0.2) is 0 Å². The summed E-state index contributed by atoms with van der Waals surface area (Å²) in [6, 6.07) is 0. The van der Waals surface area contributed by atoms with E-state index in [4.69, 9.17) is 13.8 Å². The van der Waals surface area contributed by atoms with Gasteiger partial charge in [-0.1, -0.05) is 13.8 Å². The fourth-order valence-corrected chi connectivity index (χ4v) is 0.0839. The first kappa shape index (κ1) is 0.655. The maximum absolute atomic E-state index is 7.46. The van der Waals surface area contributed by atoms with E-state index in [0.717, 1.165) is 6.92 Å². The van der Waals surface area contributed by atoms with Gasteiger partial charge in [-0.05, 0) is 18.8 Å². The second kappa shape index (κ2) is 3.16. The third-order valence-electron chi connectivity index (χ3n) is 0.243. The highest BCUT2D eigenvalue weighted by atomic mass is 14.5. The van der Waals surface area contributed by atoms with Crippen LogP contribution in [-0.4, -0.2) is 6.50 Å². The van der Waals surface area contributed by atoms with Gasteiger partial charge < -0.3 is 5.72 Å². The van der Waals surface area contributed by atoms with Crippen LogP contribution in [0, 0.1) is 5.89 Å². The summed E-state index contributed by atoms with van der Waals surface area (Å²) in [4.78, 5) is 0. The first-order valence-corrected chi connectivity index (χ1v) is 1.47. The number of hydrogen-bond donors (Lipinski definition) is 1. The zero-order valence-corrected chi connectivity index (χ0v) is 3.45. The molecule has 0 rings (SSSR count). The van der Waals surface area contributed by atoms with Crippen molar-refractivity contribution >= 4 is 0 Å². The molecule has 0 saturated carbocycles. The van der Waals surface area contributed by atoms with Crippen molar-refractivity contribution in [3.05, 3.63) is 0 Å². The lowest BCUT2D eigenvalue weighted by molar-refractivity contribution is 0.596. The Balaban J connectivity index is 5.53. The maximum Gasteiger partial charge on any atom is 0.118 e. The van der Waals surface area contributed by atoms with Crippen LogP contribution in [0.3, 0.4) is 0 Å². The summed E-state index contributed by atoms with van der Waals surface area (Å²) in [6.07, 6.45) is -3.21. The molecule has 1 nitrogen and oxygen atoms in total. The Bertz CT molecular complexity index is 252. The van der Waals surface area contributed by atoms with Crippen LogP contribution in [0.1, 0.15) is 31.1 Å². The predicted molar refractivity (Wildman–Crippen MR) is 28.5 cm³/mol. The molecule has 0 aromatic rings. The third-order valence-corrected chi connectivity index (χ3v) is 0.243. The fourth-order valence-electron chi connectivity index (χ4n) is 0.0839. The summed E-state index contributed by atoms with van der Waals surface area (Å²) in [7, 11) is 0. The molecular weight excluding hydrogens is 74.1 g/mol. The van der Waals surface area contributed by atoms with E-state index < -0.39 is 31.3 Å². The monoisotopic (exact) mass is 97.2 g/mol. The van der Waals surface area contributed by atoms with Crippen LogP contribution in [-0.2, 0) is 0 Å². The molecule has 0 aliphatic carbocycles. The van der Waals surface area contributed by atoms with Crippen molar-refractivity contribution in [1.82, 2.24) is 0 Å². The van der Waals surface area contributed by atoms with Crippen molar-refractivity contribution in [2.24, 2.45) is 11.6 Å².